The summed E-state index contributed by atoms with van der Waals surface area (Å²) in [6.45, 7) is 17.7. The van der Waals surface area contributed by atoms with E-state index in [0.717, 1.165) is 0 Å². The Balaban J connectivity index is 2.32. The molecule has 19 N–H and O–H groups in total. The van der Waals surface area contributed by atoms with Crippen molar-refractivity contribution < 1.29 is 92.0 Å². The van der Waals surface area contributed by atoms with Gasteiger partial charge >= 0.3 is 17.9 Å². The number of primary amides is 1. The van der Waals surface area contributed by atoms with Crippen molar-refractivity contribution in [1.82, 2.24) is 63.0 Å². The van der Waals surface area contributed by atoms with Gasteiger partial charge in [0.05, 0.1) is 12.5 Å². The number of unbranched alkanes of at least 4 members (excludes halogenated alkanes) is 1. The van der Waals surface area contributed by atoms with Crippen molar-refractivity contribution in [2.75, 3.05) is 19.6 Å². The van der Waals surface area contributed by atoms with Crippen LogP contribution in [0.5, 0.6) is 0 Å². The highest BCUT2D eigenvalue weighted by molar-refractivity contribution is 6.00. The number of likely N-dealkylation sites (tertiary alicyclic amines) is 2. The van der Waals surface area contributed by atoms with Gasteiger partial charge in [0.25, 0.3) is 0 Å². The minimum atomic E-state index is -1.92. The Labute approximate surface area is 546 Å². The van der Waals surface area contributed by atoms with E-state index in [1.54, 1.807) is 55.4 Å². The molecular weight excluding hydrogens is 1230 g/mol. The average Bonchev–Trinajstić information content (AvgIpc) is 1.59. The SMILES string of the molecule is CC(C)C[C@H](NC(=O)[C@@H]1CCCN1C(=O)[C@@H](NC(=O)[C@@H]1CCCN1C(=O)[C@H](CCC(=O)O)NC(=O)[C@H](C)NC(=O)[C@H](C)NC(=O)[C@@H](NC(=O)[C@H](C)N)C(C)C)C(C)C)C(=O)N[C@H](C(=O)N[C@@H](CCCCN)C(=O)N[C@@H](CCC(N)=O)C(=O)N[C@@H](CC(=O)O)C(=O)O)C(C)C. The number of nitrogens with one attached hydrogen (secondary N) is 10. The highest BCUT2D eigenvalue weighted by Crippen LogP contribution is 2.24. The first-order valence-electron chi connectivity index (χ1n) is 31.9. The van der Waals surface area contributed by atoms with Crippen molar-refractivity contribution in [3.63, 3.8) is 0 Å². The summed E-state index contributed by atoms with van der Waals surface area (Å²) in [7, 11) is 0. The van der Waals surface area contributed by atoms with Crippen LogP contribution in [0.1, 0.15) is 160 Å². The molecule has 0 aliphatic carbocycles. The molecule has 0 spiro atoms. The van der Waals surface area contributed by atoms with Gasteiger partial charge in [-0.2, -0.15) is 0 Å². The molecular formula is C60H101N15O19. The normalized spacial score (nSPS) is 18.1. The molecule has 13 amide bonds. The highest BCUT2D eigenvalue weighted by Gasteiger charge is 2.44. The molecule has 0 saturated carbocycles. The molecule has 0 bridgehead atoms. The van der Waals surface area contributed by atoms with E-state index in [2.05, 4.69) is 47.9 Å². The zero-order chi connectivity index (χ0) is 71.6. The van der Waals surface area contributed by atoms with Crippen LogP contribution < -0.4 is 70.4 Å². The van der Waals surface area contributed by atoms with Crippen molar-refractivity contribution in [3.8, 4) is 0 Å². The molecule has 13 atom stereocenters. The molecule has 0 aromatic rings. The molecule has 2 aliphatic heterocycles. The fourth-order valence-electron chi connectivity index (χ4n) is 10.4. The van der Waals surface area contributed by atoms with E-state index in [9.17, 15) is 92.0 Å². The Hall–Kier alpha value is -8.56. The number of carbonyl (C=O) groups excluding carboxylic acids is 13. The second kappa shape index (κ2) is 39.2. The fraction of sp³-hybridized carbons (Fsp3) is 0.733. The maximum Gasteiger partial charge on any atom is 0.326 e. The molecule has 530 valence electrons. The zero-order valence-electron chi connectivity index (χ0n) is 55.6. The predicted molar refractivity (Wildman–Crippen MR) is 336 cm³/mol. The molecule has 0 radical (unpaired) electrons. The molecule has 2 aliphatic rings. The maximum absolute atomic E-state index is 14.6. The van der Waals surface area contributed by atoms with E-state index in [1.165, 1.54) is 30.6 Å². The molecule has 34 nitrogen and oxygen atoms in total. The lowest BCUT2D eigenvalue weighted by molar-refractivity contribution is -0.147. The van der Waals surface area contributed by atoms with Crippen LogP contribution in [0.2, 0.25) is 0 Å². The van der Waals surface area contributed by atoms with Gasteiger partial charge in [0.2, 0.25) is 76.8 Å². The van der Waals surface area contributed by atoms with E-state index < -0.39 is 223 Å². The lowest BCUT2D eigenvalue weighted by Crippen LogP contribution is -2.61. The standard InChI is InChI=1S/C60H101N15O19/c1-28(2)26-38(53(86)72-46(30(5)6)57(90)67-35(16-12-13-23-61)51(84)66-36(19-21-42(63)76)52(85)70-39(60(93)94)27-44(79)80)69-54(87)40-17-15-25-75(40)59(92)47(31(7)8)73-55(88)41-18-14-24-74(41)58(91)37(20-22-43(77)78)68-50(83)34(11)64-49(82)33(10)65-56(89)45(29(3)4)71-48(81)32(9)62/h28-41,45-47H,12-27,61-62H2,1-11H3,(H2,63,76)(H,64,82)(H,65,89)(H,66,84)(H,67,90)(H,68,83)(H,69,87)(H,70,85)(H,71,81)(H,72,86)(H,73,88)(H,77,78)(H,79,80)(H,93,94)/t32-,33-,34-,35-,36-,37-,38-,39-,40-,41-,45-,46-,47-/m0/s1. The molecule has 0 aromatic heterocycles. The van der Waals surface area contributed by atoms with Gasteiger partial charge in [-0.05, 0) is 115 Å². The summed E-state index contributed by atoms with van der Waals surface area (Å²) in [5.41, 5.74) is 16.6. The van der Waals surface area contributed by atoms with Crippen LogP contribution in [-0.2, 0) is 76.7 Å². The number of carboxylic acid groups (broad SMARTS) is 3. The van der Waals surface area contributed by atoms with Crippen LogP contribution in [0, 0.1) is 23.7 Å². The number of hydrogen-bond acceptors (Lipinski definition) is 18. The molecule has 94 heavy (non-hydrogen) atoms. The summed E-state index contributed by atoms with van der Waals surface area (Å²) >= 11 is 0. The van der Waals surface area contributed by atoms with Gasteiger partial charge in [-0.3, -0.25) is 71.9 Å². The first-order valence-corrected chi connectivity index (χ1v) is 31.9. The van der Waals surface area contributed by atoms with Gasteiger partial charge < -0.3 is 95.5 Å². The lowest BCUT2D eigenvalue weighted by Gasteiger charge is -2.33. The van der Waals surface area contributed by atoms with Gasteiger partial charge in [-0.25, -0.2) is 4.79 Å². The van der Waals surface area contributed by atoms with E-state index in [-0.39, 0.29) is 57.7 Å². The molecule has 0 aromatic carbocycles. The minimum Gasteiger partial charge on any atom is -0.481 e. The summed E-state index contributed by atoms with van der Waals surface area (Å²) in [5.74, 6) is -17.1. The monoisotopic (exact) mass is 1340 g/mol. The van der Waals surface area contributed by atoms with Gasteiger partial charge in [-0.15, -0.1) is 0 Å². The molecule has 0 unspecified atom stereocenters. The second-order valence-electron chi connectivity index (χ2n) is 25.4. The van der Waals surface area contributed by atoms with Crippen molar-refractivity contribution in [1.29, 1.82) is 0 Å². The topological polar surface area (TPSA) is 539 Å². The first kappa shape index (κ1) is 81.5. The van der Waals surface area contributed by atoms with Gasteiger partial charge in [0.15, 0.2) is 0 Å². The third-order valence-corrected chi connectivity index (χ3v) is 15.8. The highest BCUT2D eigenvalue weighted by atomic mass is 16.4. The van der Waals surface area contributed by atoms with Crippen molar-refractivity contribution in [3.05, 3.63) is 0 Å². The number of carbonyl (C=O) groups is 16. The number of hydrogen-bond donors (Lipinski definition) is 16. The van der Waals surface area contributed by atoms with Crippen LogP contribution in [0.4, 0.5) is 0 Å². The Morgan fingerprint density at radius 3 is 1.33 bits per heavy atom. The quantitative estimate of drug-likeness (QED) is 0.0260. The molecule has 2 fully saturated rings. The van der Waals surface area contributed by atoms with Crippen LogP contribution in [0.15, 0.2) is 0 Å². The van der Waals surface area contributed by atoms with Crippen LogP contribution in [0.25, 0.3) is 0 Å². The minimum absolute atomic E-state index is 0.00134. The van der Waals surface area contributed by atoms with Gasteiger partial charge in [0.1, 0.15) is 72.5 Å². The number of nitrogens with two attached hydrogens (primary N) is 3. The fourth-order valence-corrected chi connectivity index (χ4v) is 10.4. The largest absolute Gasteiger partial charge is 0.481 e. The second-order valence-corrected chi connectivity index (χ2v) is 25.4. The predicted octanol–water partition coefficient (Wildman–Crippen LogP) is -3.96. The van der Waals surface area contributed by atoms with Crippen LogP contribution >= 0.6 is 0 Å². The Morgan fingerprint density at radius 1 is 0.436 bits per heavy atom. The van der Waals surface area contributed by atoms with E-state index in [4.69, 9.17) is 17.2 Å². The Morgan fingerprint density at radius 2 is 0.862 bits per heavy atom. The number of amides is 13. The zero-order valence-corrected chi connectivity index (χ0v) is 55.6. The maximum atomic E-state index is 14.6. The summed E-state index contributed by atoms with van der Waals surface area (Å²) < 4.78 is 0. The van der Waals surface area contributed by atoms with Crippen molar-refractivity contribution >= 4 is 94.7 Å². The van der Waals surface area contributed by atoms with Gasteiger partial charge in [0, 0.05) is 25.9 Å². The van der Waals surface area contributed by atoms with Gasteiger partial charge in [-0.1, -0.05) is 55.4 Å². The van der Waals surface area contributed by atoms with E-state index in [0.29, 0.717) is 19.3 Å². The van der Waals surface area contributed by atoms with Crippen LogP contribution in [0.3, 0.4) is 0 Å². The number of nitrogens with zero attached hydrogens (tertiary/aromatic N) is 2. The van der Waals surface area contributed by atoms with Crippen LogP contribution in [-0.4, -0.2) is 218 Å². The summed E-state index contributed by atoms with van der Waals surface area (Å²) in [6, 6.07) is -17.3. The number of carboxylic acids is 3. The molecule has 2 saturated heterocycles. The number of aliphatic carboxylic acids is 3. The van der Waals surface area contributed by atoms with E-state index in [1.807, 2.05) is 5.32 Å². The van der Waals surface area contributed by atoms with Crippen molar-refractivity contribution in [2.45, 2.75) is 238 Å². The summed E-state index contributed by atoms with van der Waals surface area (Å²) in [5, 5.41) is 53.5. The third kappa shape index (κ3) is 26.4. The van der Waals surface area contributed by atoms with E-state index >= 15 is 0 Å². The van der Waals surface area contributed by atoms with Crippen molar-refractivity contribution in [2.24, 2.45) is 40.9 Å². The summed E-state index contributed by atoms with van der Waals surface area (Å²) in [6.07, 6.45) is -1.45. The Kier molecular flexibility index (Phi) is 34.0. The lowest BCUT2D eigenvalue weighted by atomic mass is 9.98. The first-order chi connectivity index (χ1) is 43.8. The molecule has 2 rings (SSSR count). The third-order valence-electron chi connectivity index (χ3n) is 15.8. The number of rotatable bonds is 40. The smallest absolute Gasteiger partial charge is 0.326 e. The average molecular weight is 1340 g/mol. The molecule has 2 heterocycles. The molecule has 34 heteroatoms. The summed E-state index contributed by atoms with van der Waals surface area (Å²) in [4.78, 5) is 214. The Bertz CT molecular complexity index is 2730.